The second-order valence-electron chi connectivity index (χ2n) is 4.51. The fraction of sp³-hybridized carbons (Fsp3) is 0.538. The number of hydrogen-bond acceptors (Lipinski definition) is 1. The van der Waals surface area contributed by atoms with Gasteiger partial charge in [-0.25, -0.2) is 4.39 Å². The van der Waals surface area contributed by atoms with Gasteiger partial charge in [-0.2, -0.15) is 0 Å². The van der Waals surface area contributed by atoms with Gasteiger partial charge in [-0.1, -0.05) is 6.07 Å². The van der Waals surface area contributed by atoms with Gasteiger partial charge in [0.2, 0.25) is 0 Å². The maximum atomic E-state index is 13.1. The van der Waals surface area contributed by atoms with Crippen LogP contribution < -0.4 is 5.32 Å². The Morgan fingerprint density at radius 1 is 1.47 bits per heavy atom. The molecule has 1 N–H and O–H groups in total. The molecule has 15 heavy (non-hydrogen) atoms. The van der Waals surface area contributed by atoms with Crippen molar-refractivity contribution in [2.75, 3.05) is 7.05 Å². The minimum absolute atomic E-state index is 0.124. The van der Waals surface area contributed by atoms with Gasteiger partial charge in [-0.3, -0.25) is 0 Å². The number of benzene rings is 1. The molecule has 0 heterocycles. The van der Waals surface area contributed by atoms with Gasteiger partial charge in [0, 0.05) is 6.04 Å². The molecule has 2 heteroatoms. The largest absolute Gasteiger partial charge is 0.316 e. The Balaban J connectivity index is 2.11. The molecule has 0 aromatic heterocycles. The van der Waals surface area contributed by atoms with Crippen molar-refractivity contribution in [2.45, 2.75) is 32.2 Å². The van der Waals surface area contributed by atoms with Crippen LogP contribution in [-0.2, 0) is 6.42 Å². The highest BCUT2D eigenvalue weighted by Crippen LogP contribution is 2.34. The van der Waals surface area contributed by atoms with Crippen LogP contribution in [0, 0.1) is 18.7 Å². The van der Waals surface area contributed by atoms with Crippen molar-refractivity contribution in [3.63, 3.8) is 0 Å². The summed E-state index contributed by atoms with van der Waals surface area (Å²) in [5.74, 6) is 0.680. The molecule has 0 amide bonds. The summed E-state index contributed by atoms with van der Waals surface area (Å²) >= 11 is 0. The molecule has 1 saturated carbocycles. The predicted molar refractivity (Wildman–Crippen MR) is 60.4 cm³/mol. The molecule has 1 aromatic rings. The van der Waals surface area contributed by atoms with E-state index in [1.165, 1.54) is 24.5 Å². The van der Waals surface area contributed by atoms with Crippen molar-refractivity contribution in [3.8, 4) is 0 Å². The van der Waals surface area contributed by atoms with Crippen molar-refractivity contribution >= 4 is 0 Å². The number of rotatable bonds is 4. The minimum Gasteiger partial charge on any atom is -0.316 e. The van der Waals surface area contributed by atoms with Crippen molar-refractivity contribution in [2.24, 2.45) is 5.92 Å². The van der Waals surface area contributed by atoms with Gasteiger partial charge >= 0.3 is 0 Å². The number of hydrogen-bond donors (Lipinski definition) is 1. The molecule has 2 rings (SSSR count). The number of aryl methyl sites for hydroxylation is 1. The quantitative estimate of drug-likeness (QED) is 0.800. The Hall–Kier alpha value is -0.890. The first-order chi connectivity index (χ1) is 7.20. The Kier molecular flexibility index (Phi) is 3.06. The zero-order chi connectivity index (χ0) is 10.8. The van der Waals surface area contributed by atoms with Gasteiger partial charge in [0.25, 0.3) is 0 Å². The van der Waals surface area contributed by atoms with Crippen LogP contribution in [-0.4, -0.2) is 13.1 Å². The average molecular weight is 207 g/mol. The molecule has 0 bridgehead atoms. The lowest BCUT2D eigenvalue weighted by molar-refractivity contribution is 0.498. The summed E-state index contributed by atoms with van der Waals surface area (Å²) < 4.78 is 13.1. The minimum atomic E-state index is -0.124. The van der Waals surface area contributed by atoms with Crippen molar-refractivity contribution in [3.05, 3.63) is 35.1 Å². The summed E-state index contributed by atoms with van der Waals surface area (Å²) in [6, 6.07) is 5.59. The van der Waals surface area contributed by atoms with Gasteiger partial charge in [0.15, 0.2) is 0 Å². The maximum absolute atomic E-state index is 13.1. The molecule has 1 nitrogen and oxygen atoms in total. The lowest BCUT2D eigenvalue weighted by Crippen LogP contribution is -2.29. The monoisotopic (exact) mass is 207 g/mol. The van der Waals surface area contributed by atoms with Crippen LogP contribution in [0.15, 0.2) is 18.2 Å². The highest BCUT2D eigenvalue weighted by Gasteiger charge is 2.30. The van der Waals surface area contributed by atoms with Crippen LogP contribution in [0.3, 0.4) is 0 Å². The van der Waals surface area contributed by atoms with Crippen molar-refractivity contribution in [1.82, 2.24) is 5.32 Å². The maximum Gasteiger partial charge on any atom is 0.123 e. The Morgan fingerprint density at radius 3 is 2.80 bits per heavy atom. The average Bonchev–Trinajstić information content (AvgIpc) is 3.03. The molecule has 1 fully saturated rings. The van der Waals surface area contributed by atoms with E-state index >= 15 is 0 Å². The zero-order valence-electron chi connectivity index (χ0n) is 9.39. The number of halogens is 1. The van der Waals surface area contributed by atoms with E-state index in [4.69, 9.17) is 0 Å². The van der Waals surface area contributed by atoms with E-state index in [9.17, 15) is 4.39 Å². The van der Waals surface area contributed by atoms with Gasteiger partial charge in [0.1, 0.15) is 5.82 Å². The summed E-state index contributed by atoms with van der Waals surface area (Å²) in [7, 11) is 2.00. The second-order valence-corrected chi connectivity index (χ2v) is 4.51. The Bertz CT molecular complexity index is 344. The van der Waals surface area contributed by atoms with Crippen LogP contribution in [0.1, 0.15) is 24.0 Å². The molecular weight excluding hydrogens is 189 g/mol. The lowest BCUT2D eigenvalue weighted by Gasteiger charge is -2.16. The van der Waals surface area contributed by atoms with Crippen LogP contribution in [0.25, 0.3) is 0 Å². The van der Waals surface area contributed by atoms with E-state index in [1.54, 1.807) is 6.07 Å². The van der Waals surface area contributed by atoms with E-state index in [2.05, 4.69) is 5.32 Å². The van der Waals surface area contributed by atoms with E-state index in [0.29, 0.717) is 6.04 Å². The summed E-state index contributed by atoms with van der Waals surface area (Å²) in [6.07, 6.45) is 3.59. The third-order valence-corrected chi connectivity index (χ3v) is 3.31. The molecule has 0 spiro atoms. The van der Waals surface area contributed by atoms with Crippen LogP contribution in [0.4, 0.5) is 4.39 Å². The fourth-order valence-corrected chi connectivity index (χ4v) is 2.10. The first kappa shape index (κ1) is 10.6. The first-order valence-corrected chi connectivity index (χ1v) is 5.63. The van der Waals surface area contributed by atoms with Gasteiger partial charge in [-0.05, 0) is 62.4 Å². The molecular formula is C13H18FN. The first-order valence-electron chi connectivity index (χ1n) is 5.63. The van der Waals surface area contributed by atoms with Crippen LogP contribution >= 0.6 is 0 Å². The van der Waals surface area contributed by atoms with Gasteiger partial charge in [-0.15, -0.1) is 0 Å². The summed E-state index contributed by atoms with van der Waals surface area (Å²) in [4.78, 5) is 0. The molecule has 1 unspecified atom stereocenters. The molecule has 1 aliphatic carbocycles. The lowest BCUT2D eigenvalue weighted by atomic mass is 9.98. The summed E-state index contributed by atoms with van der Waals surface area (Å²) in [6.45, 7) is 2.05. The Labute approximate surface area is 90.7 Å². The third-order valence-electron chi connectivity index (χ3n) is 3.31. The molecule has 0 aliphatic heterocycles. The van der Waals surface area contributed by atoms with Crippen molar-refractivity contribution < 1.29 is 4.39 Å². The second kappa shape index (κ2) is 4.31. The van der Waals surface area contributed by atoms with Crippen LogP contribution in [0.5, 0.6) is 0 Å². The summed E-state index contributed by atoms with van der Waals surface area (Å²) in [5.41, 5.74) is 2.33. The van der Waals surface area contributed by atoms with E-state index in [-0.39, 0.29) is 5.82 Å². The van der Waals surface area contributed by atoms with Crippen LogP contribution in [0.2, 0.25) is 0 Å². The van der Waals surface area contributed by atoms with Gasteiger partial charge in [0.05, 0.1) is 0 Å². The summed E-state index contributed by atoms with van der Waals surface area (Å²) in [5, 5.41) is 3.34. The molecule has 1 aromatic carbocycles. The van der Waals surface area contributed by atoms with E-state index < -0.39 is 0 Å². The SMILES string of the molecule is CNC(Cc1cc(F)ccc1C)C1CC1. The number of likely N-dealkylation sites (N-methyl/N-ethyl adjacent to an activating group) is 1. The molecule has 0 saturated heterocycles. The smallest absolute Gasteiger partial charge is 0.123 e. The van der Waals surface area contributed by atoms with Gasteiger partial charge < -0.3 is 5.32 Å². The molecule has 82 valence electrons. The van der Waals surface area contributed by atoms with E-state index in [1.807, 2.05) is 20.0 Å². The normalized spacial score (nSPS) is 17.8. The standard InChI is InChI=1S/C13H18FN/c1-9-3-6-12(14)7-11(9)8-13(15-2)10-4-5-10/h3,6-7,10,13,15H,4-5,8H2,1-2H3. The van der Waals surface area contributed by atoms with Crippen molar-refractivity contribution in [1.29, 1.82) is 0 Å². The number of nitrogens with one attached hydrogen (secondary N) is 1. The fourth-order valence-electron chi connectivity index (χ4n) is 2.10. The Morgan fingerprint density at radius 2 is 2.20 bits per heavy atom. The third kappa shape index (κ3) is 2.57. The highest BCUT2D eigenvalue weighted by atomic mass is 19.1. The topological polar surface area (TPSA) is 12.0 Å². The highest BCUT2D eigenvalue weighted by molar-refractivity contribution is 5.27. The molecule has 1 aliphatic rings. The predicted octanol–water partition coefficient (Wildman–Crippen LogP) is 2.67. The molecule has 0 radical (unpaired) electrons. The van der Waals surface area contributed by atoms with E-state index in [0.717, 1.165) is 17.9 Å². The molecule has 1 atom stereocenters. The zero-order valence-corrected chi connectivity index (χ0v) is 9.39.